The molecule has 0 aliphatic heterocycles. The summed E-state index contributed by atoms with van der Waals surface area (Å²) < 4.78 is 5.04. The van der Waals surface area contributed by atoms with E-state index in [0.29, 0.717) is 12.2 Å². The Balaban J connectivity index is 1.94. The fraction of sp³-hybridized carbons (Fsp3) is 0.0714. The summed E-state index contributed by atoms with van der Waals surface area (Å²) in [6.07, 6.45) is 5.14. The molecule has 1 aromatic carbocycles. The summed E-state index contributed by atoms with van der Waals surface area (Å²) in [5, 5.41) is 4.39. The molecule has 0 radical (unpaired) electrons. The number of nitrogens with zero attached hydrogens (tertiary/aromatic N) is 1. The zero-order chi connectivity index (χ0) is 12.4. The molecule has 0 aliphatic rings. The lowest BCUT2D eigenvalue weighted by Crippen LogP contribution is -2.00. The molecule has 0 unspecified atom stereocenters. The van der Waals surface area contributed by atoms with Crippen molar-refractivity contribution in [3.05, 3.63) is 54.6 Å². The van der Waals surface area contributed by atoms with Crippen LogP contribution in [-0.2, 0) is 6.54 Å². The zero-order valence-electron chi connectivity index (χ0n) is 9.76. The van der Waals surface area contributed by atoms with Crippen molar-refractivity contribution in [2.24, 2.45) is 0 Å². The molecule has 0 aliphatic carbocycles. The fourth-order valence-electron chi connectivity index (χ4n) is 1.94. The molecule has 2 aromatic heterocycles. The van der Waals surface area contributed by atoms with Crippen molar-refractivity contribution in [1.29, 1.82) is 0 Å². The number of rotatable bonds is 3. The van der Waals surface area contributed by atoms with Gasteiger partial charge in [0.05, 0.1) is 23.7 Å². The van der Waals surface area contributed by atoms with Crippen LogP contribution in [0.5, 0.6) is 0 Å². The van der Waals surface area contributed by atoms with Gasteiger partial charge in [-0.2, -0.15) is 0 Å². The molecule has 2 heterocycles. The Labute approximate surface area is 104 Å². The van der Waals surface area contributed by atoms with Crippen LogP contribution in [0.1, 0.15) is 5.56 Å². The molecule has 0 bridgehead atoms. The van der Waals surface area contributed by atoms with E-state index < -0.39 is 0 Å². The fourth-order valence-corrected chi connectivity index (χ4v) is 1.94. The van der Waals surface area contributed by atoms with E-state index in [1.54, 1.807) is 18.7 Å². The van der Waals surface area contributed by atoms with Crippen LogP contribution in [-0.4, -0.2) is 4.98 Å². The number of furan rings is 1. The van der Waals surface area contributed by atoms with Gasteiger partial charge in [-0.05, 0) is 30.3 Å². The predicted molar refractivity (Wildman–Crippen MR) is 72.2 cm³/mol. The second-order valence-electron chi connectivity index (χ2n) is 4.09. The van der Waals surface area contributed by atoms with Crippen molar-refractivity contribution in [2.75, 3.05) is 11.1 Å². The minimum absolute atomic E-state index is 0.694. The lowest BCUT2D eigenvalue weighted by atomic mass is 10.1. The monoisotopic (exact) mass is 239 g/mol. The van der Waals surface area contributed by atoms with Gasteiger partial charge in [-0.15, -0.1) is 0 Å². The average molecular weight is 239 g/mol. The molecule has 4 nitrogen and oxygen atoms in total. The molecule has 18 heavy (non-hydrogen) atoms. The first-order valence-corrected chi connectivity index (χ1v) is 5.73. The van der Waals surface area contributed by atoms with E-state index in [4.69, 9.17) is 10.2 Å². The van der Waals surface area contributed by atoms with Crippen molar-refractivity contribution >= 4 is 22.3 Å². The lowest BCUT2D eigenvalue weighted by molar-refractivity contribution is 0.564. The van der Waals surface area contributed by atoms with Gasteiger partial charge in [0.15, 0.2) is 0 Å². The molecule has 4 heteroatoms. The molecule has 3 aromatic rings. The molecule has 0 amide bonds. The maximum atomic E-state index is 5.91. The summed E-state index contributed by atoms with van der Waals surface area (Å²) in [7, 11) is 0. The molecule has 3 N–H and O–H groups in total. The molecular weight excluding hydrogens is 226 g/mol. The van der Waals surface area contributed by atoms with Gasteiger partial charge in [0.2, 0.25) is 0 Å². The molecule has 90 valence electrons. The quantitative estimate of drug-likeness (QED) is 0.689. The van der Waals surface area contributed by atoms with Gasteiger partial charge < -0.3 is 15.5 Å². The van der Waals surface area contributed by atoms with Crippen molar-refractivity contribution in [1.82, 2.24) is 4.98 Å². The summed E-state index contributed by atoms with van der Waals surface area (Å²) in [5.41, 5.74) is 9.56. The second-order valence-corrected chi connectivity index (χ2v) is 4.09. The van der Waals surface area contributed by atoms with Crippen molar-refractivity contribution in [3.63, 3.8) is 0 Å². The number of nitrogens with one attached hydrogen (secondary N) is 1. The molecule has 3 rings (SSSR count). The van der Waals surface area contributed by atoms with E-state index in [9.17, 15) is 0 Å². The Kier molecular flexibility index (Phi) is 2.61. The second kappa shape index (κ2) is 4.41. The van der Waals surface area contributed by atoms with E-state index in [1.165, 1.54) is 0 Å². The van der Waals surface area contributed by atoms with Crippen LogP contribution in [0.15, 0.2) is 53.5 Å². The van der Waals surface area contributed by atoms with E-state index in [0.717, 1.165) is 22.2 Å². The Hall–Kier alpha value is -2.49. The molecule has 0 fully saturated rings. The van der Waals surface area contributed by atoms with Crippen LogP contribution in [0.2, 0.25) is 0 Å². The van der Waals surface area contributed by atoms with Crippen LogP contribution in [0.3, 0.4) is 0 Å². The van der Waals surface area contributed by atoms with Crippen LogP contribution < -0.4 is 11.1 Å². The molecule has 0 saturated heterocycles. The van der Waals surface area contributed by atoms with Gasteiger partial charge in [0.25, 0.3) is 0 Å². The number of benzene rings is 1. The Morgan fingerprint density at radius 3 is 3.00 bits per heavy atom. The standard InChI is InChI=1S/C14H13N3O/c15-12-3-4-13(11-2-1-6-16-14(11)12)17-8-10-5-7-18-9-10/h1-7,9,17H,8,15H2. The highest BCUT2D eigenvalue weighted by molar-refractivity contribution is 5.98. The van der Waals surface area contributed by atoms with Gasteiger partial charge in [-0.3, -0.25) is 4.98 Å². The van der Waals surface area contributed by atoms with Crippen molar-refractivity contribution in [3.8, 4) is 0 Å². The lowest BCUT2D eigenvalue weighted by Gasteiger charge is -2.09. The zero-order valence-corrected chi connectivity index (χ0v) is 9.76. The topological polar surface area (TPSA) is 64.1 Å². The van der Waals surface area contributed by atoms with Crippen LogP contribution >= 0.6 is 0 Å². The average Bonchev–Trinajstić information content (AvgIpc) is 2.92. The van der Waals surface area contributed by atoms with E-state index >= 15 is 0 Å². The summed E-state index contributed by atoms with van der Waals surface area (Å²) in [4.78, 5) is 4.30. The highest BCUT2D eigenvalue weighted by Gasteiger charge is 2.04. The Bertz CT molecular complexity index is 662. The highest BCUT2D eigenvalue weighted by Crippen LogP contribution is 2.26. The summed E-state index contributed by atoms with van der Waals surface area (Å²) in [6, 6.07) is 9.69. The van der Waals surface area contributed by atoms with E-state index in [2.05, 4.69) is 10.3 Å². The predicted octanol–water partition coefficient (Wildman–Crippen LogP) is 3.02. The number of hydrogen-bond acceptors (Lipinski definition) is 4. The van der Waals surface area contributed by atoms with Crippen molar-refractivity contribution in [2.45, 2.75) is 6.54 Å². The van der Waals surface area contributed by atoms with Gasteiger partial charge in [0, 0.05) is 29.4 Å². The maximum absolute atomic E-state index is 5.91. The number of pyridine rings is 1. The number of fused-ring (bicyclic) bond motifs is 1. The summed E-state index contributed by atoms with van der Waals surface area (Å²) >= 11 is 0. The number of nitrogen functional groups attached to an aromatic ring is 1. The van der Waals surface area contributed by atoms with Crippen molar-refractivity contribution < 1.29 is 4.42 Å². The van der Waals surface area contributed by atoms with Crippen LogP contribution in [0.25, 0.3) is 10.9 Å². The first kappa shape index (κ1) is 10.7. The SMILES string of the molecule is Nc1ccc(NCc2ccoc2)c2cccnc12. The van der Waals surface area contributed by atoms with Gasteiger partial charge >= 0.3 is 0 Å². The van der Waals surface area contributed by atoms with Crippen LogP contribution in [0.4, 0.5) is 11.4 Å². The Morgan fingerprint density at radius 1 is 1.22 bits per heavy atom. The molecule has 0 atom stereocenters. The maximum Gasteiger partial charge on any atom is 0.0952 e. The van der Waals surface area contributed by atoms with Crippen LogP contribution in [0, 0.1) is 0 Å². The van der Waals surface area contributed by atoms with Gasteiger partial charge in [-0.25, -0.2) is 0 Å². The van der Waals surface area contributed by atoms with Gasteiger partial charge in [0.1, 0.15) is 0 Å². The Morgan fingerprint density at radius 2 is 2.17 bits per heavy atom. The molecule has 0 spiro atoms. The third kappa shape index (κ3) is 1.88. The number of nitrogens with two attached hydrogens (primary N) is 1. The first-order chi connectivity index (χ1) is 8.84. The first-order valence-electron chi connectivity index (χ1n) is 5.73. The normalized spacial score (nSPS) is 10.7. The summed E-state index contributed by atoms with van der Waals surface area (Å²) in [6.45, 7) is 0.713. The highest BCUT2D eigenvalue weighted by atomic mass is 16.3. The number of hydrogen-bond donors (Lipinski definition) is 2. The largest absolute Gasteiger partial charge is 0.472 e. The number of anilines is 2. The summed E-state index contributed by atoms with van der Waals surface area (Å²) in [5.74, 6) is 0. The molecule has 0 saturated carbocycles. The third-order valence-corrected chi connectivity index (χ3v) is 2.86. The third-order valence-electron chi connectivity index (χ3n) is 2.86. The van der Waals surface area contributed by atoms with Gasteiger partial charge in [-0.1, -0.05) is 0 Å². The minimum Gasteiger partial charge on any atom is -0.472 e. The molecular formula is C14H13N3O. The number of aromatic nitrogens is 1. The minimum atomic E-state index is 0.694. The van der Waals surface area contributed by atoms with E-state index in [1.807, 2.05) is 30.3 Å². The smallest absolute Gasteiger partial charge is 0.0952 e. The van der Waals surface area contributed by atoms with E-state index in [-0.39, 0.29) is 0 Å².